The van der Waals surface area contributed by atoms with Gasteiger partial charge in [0.15, 0.2) is 5.69 Å². The van der Waals surface area contributed by atoms with Crippen LogP contribution in [-0.4, -0.2) is 30.1 Å². The number of nitrogens with zero attached hydrogens (tertiary/aromatic N) is 3. The Hall–Kier alpha value is -3.50. The molecule has 1 heterocycles. The fourth-order valence-corrected chi connectivity index (χ4v) is 2.17. The minimum atomic E-state index is -4.72. The number of methoxy groups -OCH3 is 2. The highest BCUT2D eigenvalue weighted by molar-refractivity contribution is 6.20. The molecule has 0 aliphatic carbocycles. The Morgan fingerprint density at radius 2 is 1.93 bits per heavy atom. The summed E-state index contributed by atoms with van der Waals surface area (Å²) in [6.45, 7) is -0.263. The van der Waals surface area contributed by atoms with E-state index in [0.29, 0.717) is 11.6 Å². The van der Waals surface area contributed by atoms with E-state index >= 15 is 0 Å². The molecule has 0 aliphatic rings. The van der Waals surface area contributed by atoms with E-state index in [2.05, 4.69) is 19.9 Å². The maximum absolute atomic E-state index is 12.9. The van der Waals surface area contributed by atoms with Crippen LogP contribution in [0.1, 0.15) is 16.8 Å². The van der Waals surface area contributed by atoms with Gasteiger partial charge in [-0.1, -0.05) is 24.3 Å². The summed E-state index contributed by atoms with van der Waals surface area (Å²) in [7, 11) is 2.40. The van der Waals surface area contributed by atoms with Crippen molar-refractivity contribution in [3.63, 3.8) is 0 Å². The third kappa shape index (κ3) is 5.02. The normalized spacial score (nSPS) is 11.7. The lowest BCUT2D eigenvalue weighted by molar-refractivity contribution is -0.141. The second-order valence-electron chi connectivity index (χ2n) is 5.19. The maximum Gasteiger partial charge on any atom is 0.433 e. The summed E-state index contributed by atoms with van der Waals surface area (Å²) in [6, 6.07) is 6.38. The molecule has 0 N–H and O–H groups in total. The largest absolute Gasteiger partial charge is 0.504 e. The topological polar surface area (TPSA) is 100.0 Å². The summed E-state index contributed by atoms with van der Waals surface area (Å²) in [5.74, 6) is -1.46. The van der Waals surface area contributed by atoms with Gasteiger partial charge in [-0.3, -0.25) is 4.79 Å². The first-order valence-electron chi connectivity index (χ1n) is 7.62. The van der Waals surface area contributed by atoms with Crippen LogP contribution in [0.5, 0.6) is 11.9 Å². The van der Waals surface area contributed by atoms with Crippen LogP contribution >= 0.6 is 0 Å². The van der Waals surface area contributed by atoms with Gasteiger partial charge in [-0.05, 0) is 11.1 Å². The lowest BCUT2D eigenvalue weighted by atomic mass is 10.0. The minimum Gasteiger partial charge on any atom is -0.504 e. The third-order valence-electron chi connectivity index (χ3n) is 3.39. The van der Waals surface area contributed by atoms with Gasteiger partial charge in [0.2, 0.25) is 5.88 Å². The number of carbonyl (C=O) groups excluding carboxylic acids is 1. The van der Waals surface area contributed by atoms with E-state index in [-0.39, 0.29) is 23.6 Å². The Bertz CT molecular complexity index is 900. The van der Waals surface area contributed by atoms with Gasteiger partial charge in [-0.15, -0.1) is 4.91 Å². The van der Waals surface area contributed by atoms with Crippen molar-refractivity contribution in [2.45, 2.75) is 12.8 Å². The monoisotopic (exact) mass is 397 g/mol. The zero-order valence-corrected chi connectivity index (χ0v) is 14.7. The van der Waals surface area contributed by atoms with Gasteiger partial charge in [-0.25, -0.2) is 0 Å². The van der Waals surface area contributed by atoms with E-state index in [0.717, 1.165) is 13.4 Å². The van der Waals surface area contributed by atoms with Crippen molar-refractivity contribution in [3.8, 4) is 11.9 Å². The molecule has 1 aromatic carbocycles. The Morgan fingerprint density at radius 1 is 1.21 bits per heavy atom. The quantitative estimate of drug-likeness (QED) is 0.401. The van der Waals surface area contributed by atoms with Crippen LogP contribution in [0, 0.1) is 4.91 Å². The fourth-order valence-electron chi connectivity index (χ4n) is 2.17. The molecule has 148 valence electrons. The molecular formula is C17H14F3N3O5. The van der Waals surface area contributed by atoms with Gasteiger partial charge in [0, 0.05) is 11.2 Å². The van der Waals surface area contributed by atoms with Gasteiger partial charge < -0.3 is 14.2 Å². The molecule has 1 aromatic heterocycles. The molecule has 0 radical (unpaired) electrons. The predicted molar refractivity (Wildman–Crippen MR) is 90.1 cm³/mol. The molecule has 2 rings (SSSR count). The van der Waals surface area contributed by atoms with E-state index in [1.54, 1.807) is 18.2 Å². The number of hydrogen-bond donors (Lipinski definition) is 0. The van der Waals surface area contributed by atoms with Crippen molar-refractivity contribution in [3.05, 3.63) is 58.3 Å². The average Bonchev–Trinajstić information content (AvgIpc) is 2.69. The van der Waals surface area contributed by atoms with Crippen LogP contribution in [0.15, 0.2) is 41.8 Å². The molecule has 11 heteroatoms. The molecule has 1 amide bonds. The lowest BCUT2D eigenvalue weighted by Gasteiger charge is -2.13. The highest BCUT2D eigenvalue weighted by atomic mass is 19.4. The summed E-state index contributed by atoms with van der Waals surface area (Å²) < 4.78 is 53.6. The van der Waals surface area contributed by atoms with Crippen molar-refractivity contribution >= 4 is 11.5 Å². The van der Waals surface area contributed by atoms with Crippen LogP contribution < -0.4 is 9.47 Å². The van der Waals surface area contributed by atoms with Crippen molar-refractivity contribution in [2.24, 2.45) is 5.18 Å². The molecule has 0 unspecified atom stereocenters. The maximum atomic E-state index is 12.9. The second-order valence-corrected chi connectivity index (χ2v) is 5.19. The third-order valence-corrected chi connectivity index (χ3v) is 3.39. The van der Waals surface area contributed by atoms with Crippen molar-refractivity contribution in [2.75, 3.05) is 14.2 Å². The molecule has 28 heavy (non-hydrogen) atoms. The molecule has 0 aliphatic heterocycles. The number of alkyl halides is 3. The average molecular weight is 397 g/mol. The number of amides is 1. The number of ether oxygens (including phenoxy) is 3. The summed E-state index contributed by atoms with van der Waals surface area (Å²) in [5, 5.41) is 2.36. The first-order valence-corrected chi connectivity index (χ1v) is 7.62. The van der Waals surface area contributed by atoms with Gasteiger partial charge in [0.05, 0.1) is 26.1 Å². The molecule has 0 saturated carbocycles. The number of carbonyl (C=O) groups is 1. The van der Waals surface area contributed by atoms with Gasteiger partial charge in [0.25, 0.3) is 0 Å². The smallest absolute Gasteiger partial charge is 0.433 e. The lowest BCUT2D eigenvalue weighted by Crippen LogP contribution is -2.11. The summed E-state index contributed by atoms with van der Waals surface area (Å²) in [6.07, 6.45) is -3.68. The second kappa shape index (κ2) is 8.93. The van der Waals surface area contributed by atoms with E-state index in [9.17, 15) is 22.9 Å². The molecule has 0 saturated heterocycles. The molecular weight excluding hydrogens is 383 g/mol. The number of benzene rings is 1. The minimum absolute atomic E-state index is 0.132. The van der Waals surface area contributed by atoms with Crippen LogP contribution in [0.25, 0.3) is 5.57 Å². The highest BCUT2D eigenvalue weighted by Gasteiger charge is 2.34. The zero-order chi connectivity index (χ0) is 20.7. The summed E-state index contributed by atoms with van der Waals surface area (Å²) in [5.41, 5.74) is -0.712. The van der Waals surface area contributed by atoms with Crippen LogP contribution in [0.3, 0.4) is 0 Å². The van der Waals surface area contributed by atoms with Crippen LogP contribution in [-0.2, 0) is 22.3 Å². The summed E-state index contributed by atoms with van der Waals surface area (Å²) in [4.78, 5) is 29.3. The van der Waals surface area contributed by atoms with E-state index in [1.165, 1.54) is 13.2 Å². The Morgan fingerprint density at radius 3 is 2.54 bits per heavy atom. The number of halogens is 3. The van der Waals surface area contributed by atoms with E-state index in [4.69, 9.17) is 9.47 Å². The van der Waals surface area contributed by atoms with E-state index in [1.807, 2.05) is 0 Å². The molecule has 0 spiro atoms. The first kappa shape index (κ1) is 20.8. The Balaban J connectivity index is 2.35. The SMILES string of the molecule is CO/C=C(/C(=O)N=O)c1ccccc1COc1cc(C(F)(F)F)nc(OC)n1. The van der Waals surface area contributed by atoms with Gasteiger partial charge >= 0.3 is 18.1 Å². The summed E-state index contributed by atoms with van der Waals surface area (Å²) >= 11 is 0. The van der Waals surface area contributed by atoms with Crippen LogP contribution in [0.2, 0.25) is 0 Å². The van der Waals surface area contributed by atoms with Crippen molar-refractivity contribution < 1.29 is 32.2 Å². The van der Waals surface area contributed by atoms with Crippen molar-refractivity contribution in [1.29, 1.82) is 0 Å². The number of nitroso groups, excluding NO2 is 1. The highest BCUT2D eigenvalue weighted by Crippen LogP contribution is 2.31. The zero-order valence-electron chi connectivity index (χ0n) is 14.7. The Labute approximate surface area is 156 Å². The molecule has 0 atom stereocenters. The fraction of sp³-hybridized carbons (Fsp3) is 0.235. The molecule has 0 bridgehead atoms. The molecule has 0 fully saturated rings. The van der Waals surface area contributed by atoms with Gasteiger partial charge in [-0.2, -0.15) is 23.1 Å². The predicted octanol–water partition coefficient (Wildman–Crippen LogP) is 3.36. The first-order chi connectivity index (χ1) is 13.3. The molecule has 8 nitrogen and oxygen atoms in total. The van der Waals surface area contributed by atoms with E-state index < -0.39 is 23.8 Å². The van der Waals surface area contributed by atoms with Gasteiger partial charge in [0.1, 0.15) is 6.61 Å². The number of hydrogen-bond acceptors (Lipinski definition) is 7. The number of rotatable bonds is 7. The standard InChI is InChI=1S/C17H14F3N3O5/c1-26-9-12(15(24)23-25)11-6-4-3-5-10(11)8-28-14-7-13(17(18,19)20)21-16(22-14)27-2/h3-7,9H,8H2,1-2H3/b12-9+. The van der Waals surface area contributed by atoms with Crippen LogP contribution in [0.4, 0.5) is 13.2 Å². The number of aromatic nitrogens is 2. The Kier molecular flexibility index (Phi) is 6.64. The van der Waals surface area contributed by atoms with Crippen molar-refractivity contribution in [1.82, 2.24) is 9.97 Å². The molecule has 2 aromatic rings.